The van der Waals surface area contributed by atoms with Gasteiger partial charge in [-0.1, -0.05) is 42.5 Å². The smallest absolute Gasteiger partial charge is 0.189 e. The normalized spacial score (nSPS) is 10.1. The molecule has 98 valence electrons. The molecule has 0 aliphatic rings. The van der Waals surface area contributed by atoms with Crippen LogP contribution >= 0.6 is 0 Å². The number of nitrogens with one attached hydrogen (secondary N) is 1. The molecule has 0 amide bonds. The molecule has 2 aromatic carbocycles. The topological polar surface area (TPSA) is 68.3 Å². The van der Waals surface area contributed by atoms with Gasteiger partial charge in [-0.15, -0.1) is 0 Å². The summed E-state index contributed by atoms with van der Waals surface area (Å²) in [7, 11) is 0. The maximum Gasteiger partial charge on any atom is 0.189 e. The van der Waals surface area contributed by atoms with Crippen LogP contribution in [-0.2, 0) is 11.3 Å². The Hall–Kier alpha value is -2.33. The summed E-state index contributed by atoms with van der Waals surface area (Å²) < 4.78 is 10.9. The highest BCUT2D eigenvalue weighted by Gasteiger charge is 2.05. The van der Waals surface area contributed by atoms with E-state index in [2.05, 4.69) is 0 Å². The summed E-state index contributed by atoms with van der Waals surface area (Å²) in [4.78, 5) is 0. The zero-order valence-electron chi connectivity index (χ0n) is 10.5. The maximum atomic E-state index is 7.45. The van der Waals surface area contributed by atoms with Crippen LogP contribution in [0, 0.1) is 5.41 Å². The molecule has 0 unspecified atom stereocenters. The van der Waals surface area contributed by atoms with Gasteiger partial charge in [-0.05, 0) is 17.7 Å². The lowest BCUT2D eigenvalue weighted by atomic mass is 10.2. The number of benzene rings is 2. The van der Waals surface area contributed by atoms with Gasteiger partial charge in [0.1, 0.15) is 11.6 Å². The summed E-state index contributed by atoms with van der Waals surface area (Å²) in [5.41, 5.74) is 7.14. The second-order valence-corrected chi connectivity index (χ2v) is 4.01. The zero-order chi connectivity index (χ0) is 13.5. The highest BCUT2D eigenvalue weighted by Crippen LogP contribution is 2.17. The minimum absolute atomic E-state index is 0.0151. The third-order valence-corrected chi connectivity index (χ3v) is 2.59. The molecule has 19 heavy (non-hydrogen) atoms. The predicted molar refractivity (Wildman–Crippen MR) is 74.2 cm³/mol. The number of rotatable bonds is 6. The average Bonchev–Trinajstić information content (AvgIpc) is 2.45. The molecule has 2 aromatic rings. The van der Waals surface area contributed by atoms with Gasteiger partial charge >= 0.3 is 0 Å². The minimum Gasteiger partial charge on any atom is -0.467 e. The molecule has 0 aliphatic heterocycles. The summed E-state index contributed by atoms with van der Waals surface area (Å²) in [5, 5.41) is 7.45. The highest BCUT2D eigenvalue weighted by atomic mass is 16.7. The van der Waals surface area contributed by atoms with Gasteiger partial charge in [-0.2, -0.15) is 0 Å². The van der Waals surface area contributed by atoms with Crippen LogP contribution in [0.15, 0.2) is 54.6 Å². The van der Waals surface area contributed by atoms with Crippen molar-refractivity contribution < 1.29 is 9.47 Å². The van der Waals surface area contributed by atoms with E-state index in [1.807, 2.05) is 42.5 Å². The molecular formula is C15H16N2O2. The number of nitrogen functional groups attached to an aromatic ring is 1. The SMILES string of the molecule is N=C(N)c1ccccc1OCOCc1ccccc1. The van der Waals surface area contributed by atoms with Crippen LogP contribution in [0.3, 0.4) is 0 Å². The molecule has 0 heterocycles. The van der Waals surface area contributed by atoms with Gasteiger partial charge in [-0.25, -0.2) is 0 Å². The summed E-state index contributed by atoms with van der Waals surface area (Å²) in [6, 6.07) is 17.0. The van der Waals surface area contributed by atoms with Crippen molar-refractivity contribution in [2.24, 2.45) is 5.73 Å². The molecule has 3 N–H and O–H groups in total. The molecule has 0 aromatic heterocycles. The van der Waals surface area contributed by atoms with Crippen molar-refractivity contribution in [3.63, 3.8) is 0 Å². The van der Waals surface area contributed by atoms with Crippen molar-refractivity contribution in [3.05, 3.63) is 65.7 Å². The fraction of sp³-hybridized carbons (Fsp3) is 0.133. The first-order chi connectivity index (χ1) is 9.27. The molecule has 4 heteroatoms. The lowest BCUT2D eigenvalue weighted by Gasteiger charge is -2.10. The third kappa shape index (κ3) is 3.82. The Labute approximate surface area is 112 Å². The largest absolute Gasteiger partial charge is 0.467 e. The second kappa shape index (κ2) is 6.56. The molecule has 0 radical (unpaired) electrons. The lowest BCUT2D eigenvalue weighted by Crippen LogP contribution is -2.14. The van der Waals surface area contributed by atoms with E-state index in [1.165, 1.54) is 0 Å². The quantitative estimate of drug-likeness (QED) is 0.361. The summed E-state index contributed by atoms with van der Waals surface area (Å²) >= 11 is 0. The molecule has 0 fully saturated rings. The lowest BCUT2D eigenvalue weighted by molar-refractivity contribution is 0.00495. The molecule has 0 bridgehead atoms. The van der Waals surface area contributed by atoms with Crippen LogP contribution in [0.4, 0.5) is 0 Å². The van der Waals surface area contributed by atoms with Crippen molar-refractivity contribution in [2.45, 2.75) is 6.61 Å². The molecular weight excluding hydrogens is 240 g/mol. The first kappa shape index (κ1) is 13.1. The van der Waals surface area contributed by atoms with Crippen molar-refractivity contribution in [2.75, 3.05) is 6.79 Å². The van der Waals surface area contributed by atoms with Crippen LogP contribution in [-0.4, -0.2) is 12.6 Å². The van der Waals surface area contributed by atoms with E-state index in [-0.39, 0.29) is 12.6 Å². The van der Waals surface area contributed by atoms with Crippen LogP contribution in [0.25, 0.3) is 0 Å². The van der Waals surface area contributed by atoms with Gasteiger partial charge in [0.25, 0.3) is 0 Å². The van der Waals surface area contributed by atoms with Gasteiger partial charge in [0, 0.05) is 0 Å². The summed E-state index contributed by atoms with van der Waals surface area (Å²) in [6.07, 6.45) is 0. The number of amidine groups is 1. The van der Waals surface area contributed by atoms with Gasteiger partial charge in [0.05, 0.1) is 12.2 Å². The Morgan fingerprint density at radius 3 is 2.42 bits per heavy atom. The molecule has 0 aliphatic carbocycles. The third-order valence-electron chi connectivity index (χ3n) is 2.59. The number of hydrogen-bond donors (Lipinski definition) is 2. The van der Waals surface area contributed by atoms with Crippen LogP contribution in [0.2, 0.25) is 0 Å². The first-order valence-electron chi connectivity index (χ1n) is 5.95. The molecule has 0 spiro atoms. The molecule has 0 saturated carbocycles. The van der Waals surface area contributed by atoms with Crippen LogP contribution in [0.5, 0.6) is 5.75 Å². The Balaban J connectivity index is 1.85. The van der Waals surface area contributed by atoms with Crippen LogP contribution < -0.4 is 10.5 Å². The zero-order valence-corrected chi connectivity index (χ0v) is 10.5. The van der Waals surface area contributed by atoms with E-state index in [1.54, 1.807) is 12.1 Å². The van der Waals surface area contributed by atoms with Crippen LogP contribution in [0.1, 0.15) is 11.1 Å². The highest BCUT2D eigenvalue weighted by molar-refractivity contribution is 5.97. The monoisotopic (exact) mass is 256 g/mol. The Morgan fingerprint density at radius 1 is 1.00 bits per heavy atom. The Kier molecular flexibility index (Phi) is 4.53. The van der Waals surface area contributed by atoms with Gasteiger partial charge in [-0.3, -0.25) is 5.41 Å². The molecule has 4 nitrogen and oxygen atoms in total. The molecule has 2 rings (SSSR count). The van der Waals surface area contributed by atoms with Gasteiger partial charge < -0.3 is 15.2 Å². The number of hydrogen-bond acceptors (Lipinski definition) is 3. The number of ether oxygens (including phenoxy) is 2. The summed E-state index contributed by atoms with van der Waals surface area (Å²) in [6.45, 7) is 0.613. The minimum atomic E-state index is -0.0151. The van der Waals surface area contributed by atoms with Crippen molar-refractivity contribution in [1.82, 2.24) is 0 Å². The predicted octanol–water partition coefficient (Wildman–Crippen LogP) is 2.52. The number of nitrogens with two attached hydrogens (primary N) is 1. The van der Waals surface area contributed by atoms with Gasteiger partial charge in [0.2, 0.25) is 0 Å². The second-order valence-electron chi connectivity index (χ2n) is 4.01. The van der Waals surface area contributed by atoms with Crippen molar-refractivity contribution in [1.29, 1.82) is 5.41 Å². The molecule has 0 saturated heterocycles. The fourth-order valence-corrected chi connectivity index (χ4v) is 1.65. The maximum absolute atomic E-state index is 7.45. The van der Waals surface area contributed by atoms with Crippen molar-refractivity contribution in [3.8, 4) is 5.75 Å². The van der Waals surface area contributed by atoms with E-state index in [4.69, 9.17) is 20.6 Å². The first-order valence-corrected chi connectivity index (χ1v) is 5.95. The fourth-order valence-electron chi connectivity index (χ4n) is 1.65. The Bertz CT molecular complexity index is 541. The Morgan fingerprint density at radius 2 is 1.68 bits per heavy atom. The number of para-hydroxylation sites is 1. The van der Waals surface area contributed by atoms with Gasteiger partial charge in [0.15, 0.2) is 6.79 Å². The van der Waals surface area contributed by atoms with Crippen molar-refractivity contribution >= 4 is 5.84 Å². The average molecular weight is 256 g/mol. The van der Waals surface area contributed by atoms with E-state index >= 15 is 0 Å². The summed E-state index contributed by atoms with van der Waals surface area (Å²) in [5.74, 6) is 0.543. The standard InChI is InChI=1S/C15H16N2O2/c16-15(17)13-8-4-5-9-14(13)19-11-18-10-12-6-2-1-3-7-12/h1-9H,10-11H2,(H3,16,17). The van der Waals surface area contributed by atoms with E-state index in [9.17, 15) is 0 Å². The molecule has 0 atom stereocenters. The van der Waals surface area contributed by atoms with E-state index in [0.717, 1.165) is 5.56 Å². The van der Waals surface area contributed by atoms with E-state index < -0.39 is 0 Å². The van der Waals surface area contributed by atoms with E-state index in [0.29, 0.717) is 17.9 Å².